The predicted molar refractivity (Wildman–Crippen MR) is 97.8 cm³/mol. The molecule has 0 aromatic heterocycles. The zero-order chi connectivity index (χ0) is 20.9. The van der Waals surface area contributed by atoms with E-state index in [0.29, 0.717) is 12.4 Å². The average Bonchev–Trinajstić information content (AvgIpc) is 2.73. The zero-order valence-corrected chi connectivity index (χ0v) is 15.4. The van der Waals surface area contributed by atoms with Crippen molar-refractivity contribution in [1.82, 2.24) is 0 Å². The van der Waals surface area contributed by atoms with Crippen LogP contribution in [0.3, 0.4) is 0 Å². The molecule has 6 nitrogen and oxygen atoms in total. The third-order valence-electron chi connectivity index (χ3n) is 4.44. The second kappa shape index (κ2) is 9.00. The van der Waals surface area contributed by atoms with E-state index in [-0.39, 0.29) is 17.4 Å². The number of aliphatic carboxylic acids is 1. The molecule has 154 valence electrons. The summed E-state index contributed by atoms with van der Waals surface area (Å²) < 4.78 is 44.4. The molecule has 2 aromatic carbocycles. The van der Waals surface area contributed by atoms with E-state index < -0.39 is 24.0 Å². The van der Waals surface area contributed by atoms with Crippen LogP contribution in [-0.4, -0.2) is 35.9 Å². The molecule has 3 rings (SSSR count). The van der Waals surface area contributed by atoms with Crippen LogP contribution in [-0.2, 0) is 14.3 Å². The molecule has 0 spiro atoms. The fourth-order valence-corrected chi connectivity index (χ4v) is 2.89. The Hall–Kier alpha value is -3.00. The number of esters is 1. The van der Waals surface area contributed by atoms with E-state index in [0.717, 1.165) is 19.3 Å². The van der Waals surface area contributed by atoms with Gasteiger partial charge in [0.25, 0.3) is 0 Å². The van der Waals surface area contributed by atoms with Gasteiger partial charge < -0.3 is 19.3 Å². The van der Waals surface area contributed by atoms with E-state index in [1.807, 2.05) is 0 Å². The minimum absolute atomic E-state index is 0.0102. The third kappa shape index (κ3) is 5.08. The van der Waals surface area contributed by atoms with Crippen molar-refractivity contribution in [1.29, 1.82) is 0 Å². The van der Waals surface area contributed by atoms with Crippen molar-refractivity contribution in [3.05, 3.63) is 65.7 Å². The van der Waals surface area contributed by atoms with Crippen LogP contribution in [0.1, 0.15) is 41.3 Å². The van der Waals surface area contributed by atoms with Crippen molar-refractivity contribution in [3.63, 3.8) is 0 Å². The summed E-state index contributed by atoms with van der Waals surface area (Å²) >= 11 is 0. The lowest BCUT2D eigenvalue weighted by Crippen LogP contribution is -2.38. The Balaban J connectivity index is 1.73. The Labute approximate surface area is 166 Å². The van der Waals surface area contributed by atoms with Gasteiger partial charge in [-0.2, -0.15) is 8.78 Å². The second-order valence-corrected chi connectivity index (χ2v) is 6.56. The molecule has 8 heteroatoms. The number of carboxylic acids is 1. The molecule has 0 saturated carbocycles. The average molecular weight is 406 g/mol. The molecule has 1 fully saturated rings. The molecule has 1 N–H and O–H groups in total. The molecular weight excluding hydrogens is 386 g/mol. The SMILES string of the molecule is O=C(OC(c1ccccc1)C(F)(F)C(=O)O)c1ccc(OC2CCCCO2)cc1. The summed E-state index contributed by atoms with van der Waals surface area (Å²) in [6, 6.07) is 12.8. The molecule has 2 aromatic rings. The molecule has 1 aliphatic rings. The Bertz CT molecular complexity index is 832. The lowest BCUT2D eigenvalue weighted by molar-refractivity contribution is -0.183. The minimum Gasteiger partial charge on any atom is -0.477 e. The monoisotopic (exact) mass is 406 g/mol. The summed E-state index contributed by atoms with van der Waals surface area (Å²) in [4.78, 5) is 23.4. The first-order valence-corrected chi connectivity index (χ1v) is 9.13. The molecule has 29 heavy (non-hydrogen) atoms. The number of ether oxygens (including phenoxy) is 3. The Morgan fingerprint density at radius 1 is 1.07 bits per heavy atom. The van der Waals surface area contributed by atoms with Gasteiger partial charge in [0.15, 0.2) is 6.29 Å². The van der Waals surface area contributed by atoms with E-state index in [1.165, 1.54) is 48.5 Å². The summed E-state index contributed by atoms with van der Waals surface area (Å²) in [6.45, 7) is 0.619. The van der Waals surface area contributed by atoms with Crippen LogP contribution in [0, 0.1) is 0 Å². The van der Waals surface area contributed by atoms with Crippen molar-refractivity contribution in [2.45, 2.75) is 37.6 Å². The largest absolute Gasteiger partial charge is 0.477 e. The van der Waals surface area contributed by atoms with Gasteiger partial charge in [0.2, 0.25) is 6.10 Å². The number of halogens is 2. The predicted octanol–water partition coefficient (Wildman–Crippen LogP) is 4.21. The van der Waals surface area contributed by atoms with Gasteiger partial charge in [-0.15, -0.1) is 0 Å². The Morgan fingerprint density at radius 2 is 1.76 bits per heavy atom. The van der Waals surface area contributed by atoms with Gasteiger partial charge in [0.05, 0.1) is 12.2 Å². The smallest absolute Gasteiger partial charge is 0.382 e. The zero-order valence-electron chi connectivity index (χ0n) is 15.4. The fraction of sp³-hybridized carbons (Fsp3) is 0.333. The number of benzene rings is 2. The highest BCUT2D eigenvalue weighted by molar-refractivity contribution is 5.90. The van der Waals surface area contributed by atoms with Gasteiger partial charge in [0, 0.05) is 6.42 Å². The molecule has 1 aliphatic heterocycles. The van der Waals surface area contributed by atoms with Crippen molar-refractivity contribution in [3.8, 4) is 5.75 Å². The normalized spacial score (nSPS) is 17.9. The van der Waals surface area contributed by atoms with Gasteiger partial charge in [0.1, 0.15) is 5.75 Å². The summed E-state index contributed by atoms with van der Waals surface area (Å²) in [5.41, 5.74) is -0.133. The van der Waals surface area contributed by atoms with Gasteiger partial charge in [-0.25, -0.2) is 9.59 Å². The van der Waals surface area contributed by atoms with E-state index in [9.17, 15) is 18.4 Å². The highest BCUT2D eigenvalue weighted by atomic mass is 19.3. The Kier molecular flexibility index (Phi) is 6.43. The van der Waals surface area contributed by atoms with Crippen molar-refractivity contribution >= 4 is 11.9 Å². The fourth-order valence-electron chi connectivity index (χ4n) is 2.89. The Morgan fingerprint density at radius 3 is 2.34 bits per heavy atom. The van der Waals surface area contributed by atoms with E-state index in [1.54, 1.807) is 6.07 Å². The summed E-state index contributed by atoms with van der Waals surface area (Å²) in [6.07, 6.45) is 0.105. The number of carboxylic acid groups (broad SMARTS) is 1. The molecule has 2 unspecified atom stereocenters. The second-order valence-electron chi connectivity index (χ2n) is 6.56. The molecule has 0 radical (unpaired) electrons. The van der Waals surface area contributed by atoms with Gasteiger partial charge in [-0.1, -0.05) is 30.3 Å². The van der Waals surface area contributed by atoms with Crippen LogP contribution in [0.4, 0.5) is 8.78 Å². The molecule has 2 atom stereocenters. The lowest BCUT2D eigenvalue weighted by Gasteiger charge is -2.24. The number of rotatable bonds is 7. The number of alkyl halides is 2. The van der Waals surface area contributed by atoms with Crippen LogP contribution in [0.2, 0.25) is 0 Å². The maximum Gasteiger partial charge on any atom is 0.382 e. The third-order valence-corrected chi connectivity index (χ3v) is 4.44. The summed E-state index contributed by atoms with van der Waals surface area (Å²) in [7, 11) is 0. The summed E-state index contributed by atoms with van der Waals surface area (Å²) in [5, 5.41) is 8.88. The minimum atomic E-state index is -4.29. The van der Waals surface area contributed by atoms with E-state index >= 15 is 0 Å². The van der Waals surface area contributed by atoms with Crippen LogP contribution < -0.4 is 4.74 Å². The molecule has 1 saturated heterocycles. The van der Waals surface area contributed by atoms with Crippen molar-refractivity contribution < 1.29 is 37.7 Å². The maximum atomic E-state index is 14.2. The quantitative estimate of drug-likeness (QED) is 0.694. The number of hydrogen-bond acceptors (Lipinski definition) is 5. The van der Waals surface area contributed by atoms with Crippen LogP contribution >= 0.6 is 0 Å². The number of hydrogen-bond donors (Lipinski definition) is 1. The first kappa shape index (κ1) is 20.7. The standard InChI is InChI=1S/C21H20F2O6/c22-21(23,20(25)26)18(14-6-2-1-3-7-14)29-19(24)15-9-11-16(12-10-15)28-17-8-4-5-13-27-17/h1-3,6-7,9-12,17-18H,4-5,8,13H2,(H,25,26). The highest BCUT2D eigenvalue weighted by Crippen LogP contribution is 2.35. The highest BCUT2D eigenvalue weighted by Gasteiger charge is 2.51. The maximum absolute atomic E-state index is 14.2. The van der Waals surface area contributed by atoms with Gasteiger partial charge in [-0.3, -0.25) is 0 Å². The first-order chi connectivity index (χ1) is 13.9. The number of carbonyl (C=O) groups is 2. The molecule has 0 aliphatic carbocycles. The lowest BCUT2D eigenvalue weighted by atomic mass is 10.0. The van der Waals surface area contributed by atoms with Gasteiger partial charge >= 0.3 is 17.9 Å². The number of carbonyl (C=O) groups excluding carboxylic acids is 1. The summed E-state index contributed by atoms with van der Waals surface area (Å²) in [5.74, 6) is -7.28. The van der Waals surface area contributed by atoms with Crippen LogP contribution in [0.25, 0.3) is 0 Å². The first-order valence-electron chi connectivity index (χ1n) is 9.13. The van der Waals surface area contributed by atoms with Crippen molar-refractivity contribution in [2.75, 3.05) is 6.61 Å². The van der Waals surface area contributed by atoms with E-state index in [2.05, 4.69) is 0 Å². The topological polar surface area (TPSA) is 82.1 Å². The van der Waals surface area contributed by atoms with Gasteiger partial charge in [-0.05, 0) is 42.7 Å². The van der Waals surface area contributed by atoms with Crippen LogP contribution in [0.15, 0.2) is 54.6 Å². The van der Waals surface area contributed by atoms with Crippen LogP contribution in [0.5, 0.6) is 5.75 Å². The van der Waals surface area contributed by atoms with E-state index in [4.69, 9.17) is 19.3 Å². The molecular formula is C21H20F2O6. The molecule has 1 heterocycles. The molecule has 0 amide bonds. The van der Waals surface area contributed by atoms with Crippen molar-refractivity contribution in [2.24, 2.45) is 0 Å². The molecule has 0 bridgehead atoms.